The van der Waals surface area contributed by atoms with E-state index < -0.39 is 29.9 Å². The van der Waals surface area contributed by atoms with Crippen LogP contribution in [-0.4, -0.2) is 30.1 Å². The van der Waals surface area contributed by atoms with Crippen LogP contribution >= 0.6 is 0 Å². The van der Waals surface area contributed by atoms with Crippen LogP contribution in [0.3, 0.4) is 0 Å². The predicted octanol–water partition coefficient (Wildman–Crippen LogP) is 0.706. The van der Waals surface area contributed by atoms with E-state index in [4.69, 9.17) is 4.74 Å². The fourth-order valence-corrected chi connectivity index (χ4v) is 2.54. The highest BCUT2D eigenvalue weighted by Gasteiger charge is 2.39. The van der Waals surface area contributed by atoms with Gasteiger partial charge in [-0.15, -0.1) is 0 Å². The summed E-state index contributed by atoms with van der Waals surface area (Å²) in [6.45, 7) is 1.70. The summed E-state index contributed by atoms with van der Waals surface area (Å²) in [4.78, 5) is 34.2. The molecule has 0 aromatic heterocycles. The Kier molecular flexibility index (Phi) is 3.96. The molecule has 1 atom stereocenters. The second kappa shape index (κ2) is 5.48. The van der Waals surface area contributed by atoms with Gasteiger partial charge in [0.1, 0.15) is 5.92 Å². The summed E-state index contributed by atoms with van der Waals surface area (Å²) in [7, 11) is 0. The van der Waals surface area contributed by atoms with Crippen LogP contribution in [0.15, 0.2) is 0 Å². The second-order valence-electron chi connectivity index (χ2n) is 4.89. The number of barbiturate groups is 1. The van der Waals surface area contributed by atoms with Crippen molar-refractivity contribution in [3.63, 3.8) is 0 Å². The first kappa shape index (κ1) is 13.0. The lowest BCUT2D eigenvalue weighted by molar-refractivity contribution is -0.145. The van der Waals surface area contributed by atoms with Crippen LogP contribution in [0.2, 0.25) is 0 Å². The summed E-state index contributed by atoms with van der Waals surface area (Å²) in [5.74, 6) is -2.09. The molecule has 0 aromatic rings. The normalized spacial score (nSPS) is 24.6. The van der Waals surface area contributed by atoms with E-state index in [1.165, 1.54) is 6.42 Å². The van der Waals surface area contributed by atoms with Gasteiger partial charge in [0.2, 0.25) is 11.8 Å². The Balaban J connectivity index is 1.94. The summed E-state index contributed by atoms with van der Waals surface area (Å²) in [6, 6.07) is -0.758. The Morgan fingerprint density at radius 2 is 1.61 bits per heavy atom. The summed E-state index contributed by atoms with van der Waals surface area (Å²) < 4.78 is 5.77. The zero-order valence-electron chi connectivity index (χ0n) is 10.4. The van der Waals surface area contributed by atoms with E-state index in [-0.39, 0.29) is 6.10 Å². The molecule has 0 radical (unpaired) electrons. The number of carbonyl (C=O) groups excluding carboxylic acids is 3. The molecule has 2 N–H and O–H groups in total. The number of rotatable bonds is 3. The average Bonchev–Trinajstić information content (AvgIpc) is 2.28. The van der Waals surface area contributed by atoms with E-state index >= 15 is 0 Å². The fraction of sp³-hybridized carbons (Fsp3) is 0.750. The van der Waals surface area contributed by atoms with Gasteiger partial charge in [0, 0.05) is 0 Å². The first-order valence-electron chi connectivity index (χ1n) is 6.39. The Labute approximate surface area is 105 Å². The SMILES string of the molecule is CC(OC1CCCCC1)C1C(=O)NC(=O)NC1=O. The van der Waals surface area contributed by atoms with Crippen molar-refractivity contribution in [3.8, 4) is 0 Å². The molecule has 2 fully saturated rings. The average molecular weight is 254 g/mol. The number of imide groups is 2. The molecular formula is C12H18N2O4. The minimum Gasteiger partial charge on any atom is -0.374 e. The van der Waals surface area contributed by atoms with E-state index in [1.807, 2.05) is 0 Å². The van der Waals surface area contributed by atoms with Crippen molar-refractivity contribution < 1.29 is 19.1 Å². The lowest BCUT2D eigenvalue weighted by Gasteiger charge is -2.30. The summed E-state index contributed by atoms with van der Waals surface area (Å²) in [5.41, 5.74) is 0. The Hall–Kier alpha value is -1.43. The van der Waals surface area contributed by atoms with Crippen molar-refractivity contribution in [1.82, 2.24) is 10.6 Å². The Bertz CT molecular complexity index is 343. The third-order valence-corrected chi connectivity index (χ3v) is 3.47. The topological polar surface area (TPSA) is 84.5 Å². The van der Waals surface area contributed by atoms with Crippen LogP contribution in [0, 0.1) is 5.92 Å². The van der Waals surface area contributed by atoms with Crippen molar-refractivity contribution in [2.75, 3.05) is 0 Å². The Morgan fingerprint density at radius 1 is 1.06 bits per heavy atom. The number of nitrogens with one attached hydrogen (secondary N) is 2. The molecule has 4 amide bonds. The molecule has 100 valence electrons. The predicted molar refractivity (Wildman–Crippen MR) is 62.6 cm³/mol. The van der Waals surface area contributed by atoms with Gasteiger partial charge in [-0.1, -0.05) is 19.3 Å². The van der Waals surface area contributed by atoms with E-state index in [2.05, 4.69) is 10.6 Å². The molecule has 2 rings (SSSR count). The first-order chi connectivity index (χ1) is 8.58. The van der Waals surface area contributed by atoms with Gasteiger partial charge in [-0.05, 0) is 19.8 Å². The van der Waals surface area contributed by atoms with Gasteiger partial charge in [0.15, 0.2) is 0 Å². The van der Waals surface area contributed by atoms with Crippen LogP contribution < -0.4 is 10.6 Å². The van der Waals surface area contributed by atoms with Crippen LogP contribution in [0.4, 0.5) is 4.79 Å². The lowest BCUT2D eigenvalue weighted by atomic mass is 9.96. The number of hydrogen-bond donors (Lipinski definition) is 2. The van der Waals surface area contributed by atoms with E-state index in [9.17, 15) is 14.4 Å². The molecule has 2 aliphatic rings. The quantitative estimate of drug-likeness (QED) is 0.726. The maximum atomic E-state index is 11.6. The largest absolute Gasteiger partial charge is 0.374 e. The van der Waals surface area contributed by atoms with E-state index in [1.54, 1.807) is 6.92 Å². The van der Waals surface area contributed by atoms with Gasteiger partial charge in [0.25, 0.3) is 0 Å². The monoisotopic (exact) mass is 254 g/mol. The lowest BCUT2D eigenvalue weighted by Crippen LogP contribution is -2.59. The minimum absolute atomic E-state index is 0.118. The van der Waals surface area contributed by atoms with Crippen molar-refractivity contribution in [3.05, 3.63) is 0 Å². The highest BCUT2D eigenvalue weighted by atomic mass is 16.5. The first-order valence-corrected chi connectivity index (χ1v) is 6.39. The number of carbonyl (C=O) groups is 3. The maximum Gasteiger partial charge on any atom is 0.328 e. The summed E-state index contributed by atoms with van der Waals surface area (Å²) >= 11 is 0. The minimum atomic E-state index is -0.940. The highest BCUT2D eigenvalue weighted by molar-refractivity contribution is 6.16. The number of amides is 4. The van der Waals surface area contributed by atoms with Crippen molar-refractivity contribution in [2.24, 2.45) is 5.92 Å². The molecule has 18 heavy (non-hydrogen) atoms. The van der Waals surface area contributed by atoms with Crippen molar-refractivity contribution in [1.29, 1.82) is 0 Å². The van der Waals surface area contributed by atoms with Crippen molar-refractivity contribution in [2.45, 2.75) is 51.2 Å². The standard InChI is InChI=1S/C12H18N2O4/c1-7(18-8-5-3-2-4-6-8)9-10(15)13-12(17)14-11(9)16/h7-9H,2-6H2,1H3,(H2,13,14,15,16,17). The van der Waals surface area contributed by atoms with Crippen LogP contribution in [0.25, 0.3) is 0 Å². The van der Waals surface area contributed by atoms with Gasteiger partial charge < -0.3 is 4.74 Å². The third-order valence-electron chi connectivity index (χ3n) is 3.47. The molecule has 0 spiro atoms. The molecule has 1 unspecified atom stereocenters. The van der Waals surface area contributed by atoms with Gasteiger partial charge >= 0.3 is 6.03 Å². The summed E-state index contributed by atoms with van der Waals surface area (Å²) in [6.07, 6.45) is 5.01. The van der Waals surface area contributed by atoms with E-state index in [0.717, 1.165) is 25.7 Å². The number of ether oxygens (including phenoxy) is 1. The Morgan fingerprint density at radius 3 is 2.17 bits per heavy atom. The van der Waals surface area contributed by atoms with Gasteiger partial charge in [0.05, 0.1) is 12.2 Å². The molecular weight excluding hydrogens is 236 g/mol. The van der Waals surface area contributed by atoms with E-state index in [0.29, 0.717) is 0 Å². The highest BCUT2D eigenvalue weighted by Crippen LogP contribution is 2.23. The summed E-state index contributed by atoms with van der Waals surface area (Å²) in [5, 5.41) is 4.18. The van der Waals surface area contributed by atoms with Gasteiger partial charge in [-0.2, -0.15) is 0 Å². The molecule has 6 heteroatoms. The zero-order chi connectivity index (χ0) is 13.1. The van der Waals surface area contributed by atoms with Crippen LogP contribution in [-0.2, 0) is 14.3 Å². The molecule has 1 aliphatic heterocycles. The van der Waals surface area contributed by atoms with Crippen LogP contribution in [0.1, 0.15) is 39.0 Å². The van der Waals surface area contributed by atoms with Gasteiger partial charge in [-0.3, -0.25) is 20.2 Å². The fourth-order valence-electron chi connectivity index (χ4n) is 2.54. The zero-order valence-corrected chi connectivity index (χ0v) is 10.4. The molecule has 6 nitrogen and oxygen atoms in total. The number of urea groups is 1. The maximum absolute atomic E-state index is 11.6. The van der Waals surface area contributed by atoms with Crippen LogP contribution in [0.5, 0.6) is 0 Å². The molecule has 1 heterocycles. The molecule has 0 aromatic carbocycles. The molecule has 1 aliphatic carbocycles. The number of hydrogen-bond acceptors (Lipinski definition) is 4. The molecule has 1 saturated carbocycles. The molecule has 1 saturated heterocycles. The smallest absolute Gasteiger partial charge is 0.328 e. The van der Waals surface area contributed by atoms with Crippen molar-refractivity contribution >= 4 is 17.8 Å². The third kappa shape index (κ3) is 2.87. The second-order valence-corrected chi connectivity index (χ2v) is 4.89. The molecule has 0 bridgehead atoms. The van der Waals surface area contributed by atoms with Gasteiger partial charge in [-0.25, -0.2) is 4.79 Å².